The molecular weight excluding hydrogens is 360 g/mol. The van der Waals surface area contributed by atoms with Crippen LogP contribution >= 0.6 is 0 Å². The molecule has 4 rings (SSSR count). The van der Waals surface area contributed by atoms with E-state index in [-0.39, 0.29) is 12.1 Å². The fourth-order valence-electron chi connectivity index (χ4n) is 4.28. The number of nitrogens with zero attached hydrogens (tertiary/aromatic N) is 2. The first-order valence-electron chi connectivity index (χ1n) is 10.1. The number of amides is 3. The molecule has 0 radical (unpaired) electrons. The molecule has 0 aliphatic carbocycles. The van der Waals surface area contributed by atoms with Gasteiger partial charge in [-0.3, -0.25) is 9.80 Å². The molecule has 3 aliphatic rings. The third-order valence-electron chi connectivity index (χ3n) is 5.77. The second-order valence-electron chi connectivity index (χ2n) is 7.59. The zero-order chi connectivity index (χ0) is 19.3. The van der Waals surface area contributed by atoms with E-state index in [4.69, 9.17) is 9.47 Å². The SMILES string of the molecule is O=C(NC[C@@H]([C@H]1CCOC1)N1CCCC1)Nc1cccc(N2CCOC2=O)c1. The summed E-state index contributed by atoms with van der Waals surface area (Å²) in [5.41, 5.74) is 1.37. The highest BCUT2D eigenvalue weighted by molar-refractivity contribution is 5.93. The number of carbonyl (C=O) groups excluding carboxylic acids is 2. The number of rotatable bonds is 6. The summed E-state index contributed by atoms with van der Waals surface area (Å²) in [5, 5.41) is 5.91. The third-order valence-corrected chi connectivity index (χ3v) is 5.77. The van der Waals surface area contributed by atoms with Gasteiger partial charge in [0.1, 0.15) is 6.61 Å². The van der Waals surface area contributed by atoms with Crippen molar-refractivity contribution >= 4 is 23.5 Å². The van der Waals surface area contributed by atoms with E-state index >= 15 is 0 Å². The van der Waals surface area contributed by atoms with E-state index < -0.39 is 0 Å². The predicted octanol–water partition coefficient (Wildman–Crippen LogP) is 2.27. The van der Waals surface area contributed by atoms with Crippen LogP contribution < -0.4 is 15.5 Å². The Kier molecular flexibility index (Phi) is 5.97. The molecule has 3 heterocycles. The van der Waals surface area contributed by atoms with Crippen molar-refractivity contribution in [2.45, 2.75) is 25.3 Å². The van der Waals surface area contributed by atoms with Crippen LogP contribution in [0.25, 0.3) is 0 Å². The van der Waals surface area contributed by atoms with Crippen molar-refractivity contribution in [3.05, 3.63) is 24.3 Å². The van der Waals surface area contributed by atoms with Gasteiger partial charge >= 0.3 is 12.1 Å². The summed E-state index contributed by atoms with van der Waals surface area (Å²) in [6.45, 7) is 5.30. The molecule has 28 heavy (non-hydrogen) atoms. The van der Waals surface area contributed by atoms with Gasteiger partial charge in [0.25, 0.3) is 0 Å². The Hall–Kier alpha value is -2.32. The van der Waals surface area contributed by atoms with Crippen molar-refractivity contribution in [1.82, 2.24) is 10.2 Å². The number of benzene rings is 1. The molecule has 1 aromatic rings. The number of nitrogens with one attached hydrogen (secondary N) is 2. The normalized spacial score (nSPS) is 23.6. The zero-order valence-corrected chi connectivity index (χ0v) is 16.1. The molecule has 1 aromatic carbocycles. The first-order chi connectivity index (χ1) is 13.7. The lowest BCUT2D eigenvalue weighted by atomic mass is 9.97. The number of cyclic esters (lactones) is 1. The van der Waals surface area contributed by atoms with Gasteiger partial charge < -0.3 is 20.1 Å². The zero-order valence-electron chi connectivity index (χ0n) is 16.1. The molecule has 0 spiro atoms. The molecule has 3 saturated heterocycles. The van der Waals surface area contributed by atoms with Crippen LogP contribution in [0.15, 0.2) is 24.3 Å². The molecular formula is C20H28N4O4. The lowest BCUT2D eigenvalue weighted by Crippen LogP contribution is -2.48. The molecule has 0 bridgehead atoms. The first kappa shape index (κ1) is 19.0. The van der Waals surface area contributed by atoms with Crippen molar-refractivity contribution in [1.29, 1.82) is 0 Å². The number of carbonyl (C=O) groups is 2. The number of urea groups is 1. The number of hydrogen-bond acceptors (Lipinski definition) is 5. The maximum absolute atomic E-state index is 12.5. The largest absolute Gasteiger partial charge is 0.447 e. The highest BCUT2D eigenvalue weighted by Crippen LogP contribution is 2.25. The van der Waals surface area contributed by atoms with Crippen LogP contribution in [0.1, 0.15) is 19.3 Å². The van der Waals surface area contributed by atoms with Gasteiger partial charge in [-0.05, 0) is 50.6 Å². The molecule has 2 N–H and O–H groups in total. The number of anilines is 2. The van der Waals surface area contributed by atoms with Gasteiger partial charge in [-0.15, -0.1) is 0 Å². The summed E-state index contributed by atoms with van der Waals surface area (Å²) >= 11 is 0. The Morgan fingerprint density at radius 3 is 2.79 bits per heavy atom. The summed E-state index contributed by atoms with van der Waals surface area (Å²) in [6, 6.07) is 7.34. The van der Waals surface area contributed by atoms with Crippen LogP contribution in [0.3, 0.4) is 0 Å². The van der Waals surface area contributed by atoms with E-state index in [0.29, 0.717) is 37.3 Å². The van der Waals surface area contributed by atoms with Crippen molar-refractivity contribution in [2.75, 3.05) is 56.2 Å². The predicted molar refractivity (Wildman–Crippen MR) is 106 cm³/mol. The average Bonchev–Trinajstić information content (AvgIpc) is 3.45. The Morgan fingerprint density at radius 2 is 2.07 bits per heavy atom. The summed E-state index contributed by atoms with van der Waals surface area (Å²) in [7, 11) is 0. The van der Waals surface area contributed by atoms with E-state index in [1.54, 1.807) is 11.0 Å². The molecule has 3 fully saturated rings. The van der Waals surface area contributed by atoms with E-state index in [1.165, 1.54) is 12.8 Å². The molecule has 8 heteroatoms. The smallest absolute Gasteiger partial charge is 0.414 e. The van der Waals surface area contributed by atoms with Gasteiger partial charge in [0.2, 0.25) is 0 Å². The van der Waals surface area contributed by atoms with Crippen LogP contribution in [0.5, 0.6) is 0 Å². The van der Waals surface area contributed by atoms with Crippen molar-refractivity contribution < 1.29 is 19.1 Å². The quantitative estimate of drug-likeness (QED) is 0.781. The van der Waals surface area contributed by atoms with Crippen LogP contribution in [0.2, 0.25) is 0 Å². The van der Waals surface area contributed by atoms with Gasteiger partial charge in [0, 0.05) is 36.5 Å². The van der Waals surface area contributed by atoms with Crippen molar-refractivity contribution in [2.24, 2.45) is 5.92 Å². The minimum absolute atomic E-state index is 0.232. The van der Waals surface area contributed by atoms with Gasteiger partial charge in [-0.25, -0.2) is 9.59 Å². The summed E-state index contributed by atoms with van der Waals surface area (Å²) < 4.78 is 10.5. The van der Waals surface area contributed by atoms with Crippen LogP contribution in [-0.4, -0.2) is 69.1 Å². The molecule has 2 atom stereocenters. The number of hydrogen-bond donors (Lipinski definition) is 2. The molecule has 0 saturated carbocycles. The maximum Gasteiger partial charge on any atom is 0.414 e. The first-order valence-corrected chi connectivity index (χ1v) is 10.1. The standard InChI is InChI=1S/C20H28N4O4/c25-19(21-13-18(15-6-10-27-14-15)23-7-1-2-8-23)22-16-4-3-5-17(12-16)24-9-11-28-20(24)26/h3-5,12,15,18H,1-2,6-11,13-14H2,(H2,21,22,25)/t15-,18-/m0/s1. The van der Waals surface area contributed by atoms with Crippen LogP contribution in [-0.2, 0) is 9.47 Å². The number of likely N-dealkylation sites (tertiary alicyclic amines) is 1. The Balaban J connectivity index is 1.33. The molecule has 3 aliphatic heterocycles. The van der Waals surface area contributed by atoms with Gasteiger partial charge in [-0.2, -0.15) is 0 Å². The Bertz CT molecular complexity index is 685. The highest BCUT2D eigenvalue weighted by Gasteiger charge is 2.32. The molecule has 0 aromatic heterocycles. The maximum atomic E-state index is 12.5. The summed E-state index contributed by atoms with van der Waals surface area (Å²) in [5.74, 6) is 0.475. The van der Waals surface area contributed by atoms with Gasteiger partial charge in [-0.1, -0.05) is 6.07 Å². The van der Waals surface area contributed by atoms with Gasteiger partial charge in [0.15, 0.2) is 0 Å². The van der Waals surface area contributed by atoms with Gasteiger partial charge in [0.05, 0.1) is 13.2 Å². The topological polar surface area (TPSA) is 83.1 Å². The van der Waals surface area contributed by atoms with Crippen LogP contribution in [0, 0.1) is 5.92 Å². The highest BCUT2D eigenvalue weighted by atomic mass is 16.6. The van der Waals surface area contributed by atoms with Crippen molar-refractivity contribution in [3.8, 4) is 0 Å². The molecule has 3 amide bonds. The van der Waals surface area contributed by atoms with Crippen molar-refractivity contribution in [3.63, 3.8) is 0 Å². The van der Waals surface area contributed by atoms with E-state index in [1.807, 2.05) is 18.2 Å². The monoisotopic (exact) mass is 388 g/mol. The fourth-order valence-corrected chi connectivity index (χ4v) is 4.28. The lowest BCUT2D eigenvalue weighted by molar-refractivity contribution is 0.135. The Morgan fingerprint density at radius 1 is 1.21 bits per heavy atom. The molecule has 0 unspecified atom stereocenters. The summed E-state index contributed by atoms with van der Waals surface area (Å²) in [6.07, 6.45) is 3.15. The lowest BCUT2D eigenvalue weighted by Gasteiger charge is -2.32. The van der Waals surface area contributed by atoms with E-state index in [2.05, 4.69) is 15.5 Å². The second kappa shape index (κ2) is 8.79. The average molecular weight is 388 g/mol. The third kappa shape index (κ3) is 4.39. The minimum Gasteiger partial charge on any atom is -0.447 e. The molecule has 8 nitrogen and oxygen atoms in total. The Labute approximate surface area is 165 Å². The van der Waals surface area contributed by atoms with E-state index in [0.717, 1.165) is 38.4 Å². The summed E-state index contributed by atoms with van der Waals surface area (Å²) in [4.78, 5) is 28.2. The molecule has 152 valence electrons. The van der Waals surface area contributed by atoms with E-state index in [9.17, 15) is 9.59 Å². The second-order valence-corrected chi connectivity index (χ2v) is 7.59. The number of ether oxygens (including phenoxy) is 2. The fraction of sp³-hybridized carbons (Fsp3) is 0.600. The van der Waals surface area contributed by atoms with Crippen LogP contribution in [0.4, 0.5) is 21.0 Å². The minimum atomic E-state index is -0.353.